The van der Waals surface area contributed by atoms with Crippen molar-refractivity contribution in [2.75, 3.05) is 127 Å². The van der Waals surface area contributed by atoms with Crippen molar-refractivity contribution in [3.63, 3.8) is 0 Å². The zero-order chi connectivity index (χ0) is 112. The second-order valence-electron chi connectivity index (χ2n) is 44.0. The number of fused-ring (bicyclic) bond motifs is 1. The summed E-state index contributed by atoms with van der Waals surface area (Å²) in [6.07, 6.45) is 3.68. The van der Waals surface area contributed by atoms with Crippen molar-refractivity contribution in [2.24, 2.45) is 144 Å². The van der Waals surface area contributed by atoms with E-state index in [1.165, 1.54) is 44.9 Å². The van der Waals surface area contributed by atoms with Crippen LogP contribution in [0.3, 0.4) is 0 Å². The average molecular weight is 2100 g/mol. The second kappa shape index (κ2) is 77.9. The van der Waals surface area contributed by atoms with Gasteiger partial charge in [0.15, 0.2) is 83.4 Å². The highest BCUT2D eigenvalue weighted by atomic mass is 15.4. The maximum atomic E-state index is 7.54. The molecule has 0 saturated carbocycles. The number of nitrogens with one attached hydrogen (secondary N) is 9. The van der Waals surface area contributed by atoms with Crippen molar-refractivity contribution in [3.8, 4) is 0 Å². The first-order chi connectivity index (χ1) is 63.0. The van der Waals surface area contributed by atoms with Crippen LogP contribution in [0.4, 0.5) is 0 Å². The Bertz CT molecular complexity index is 3840. The molecule has 147 heavy (non-hydrogen) atoms. The van der Waals surface area contributed by atoms with Gasteiger partial charge in [-0.25, -0.2) is 39.9 Å². The first kappa shape index (κ1) is 166. The van der Waals surface area contributed by atoms with E-state index < -0.39 is 0 Å². The SMILES string of the molecule is C.C.C.C.C.C.C.CC(C)(C)N1CCCN2CCCN=C21.CC(N)=NC(=N)N(C)C(C)(C)C.CCN(C(N)=NC(C)=N)C(C)(C)C.CCN(C(N)=NC(C)=N)C(C)(C)C.CCN(C(N)=NC(C)=N)C(C)(C)C.CCN=C(N)NC(N)=NC(C)(C)C.CCN=C(N)NC(N)=NC(C)(C)C.CCN=C(N)NC(N)=NC(C)(C)C.CN1CCCN=C1N(C)C(C)(C)C.CN1CCN=C1NC(C)(C)C.CN=C(N)NC(N)=NC(C)(C)C. The number of hydrogen-bond acceptors (Lipinski definition) is 21. The van der Waals surface area contributed by atoms with Gasteiger partial charge in [0.2, 0.25) is 5.96 Å². The molecule has 0 aromatic carbocycles. The van der Waals surface area contributed by atoms with Gasteiger partial charge in [-0.1, -0.05) is 52.0 Å². The third kappa shape index (κ3) is 91.7. The summed E-state index contributed by atoms with van der Waals surface area (Å²) in [5.41, 5.74) is 66.1. The van der Waals surface area contributed by atoms with E-state index in [2.05, 4.69) is 272 Å². The lowest BCUT2D eigenvalue weighted by Gasteiger charge is -2.47. The van der Waals surface area contributed by atoms with Gasteiger partial charge in [-0.05, 0) is 317 Å². The fourth-order valence-electron chi connectivity index (χ4n) is 11.6. The zero-order valence-corrected chi connectivity index (χ0v) is 97.2. The molecule has 0 spiro atoms. The normalized spacial score (nSPS) is 14.7. The third-order valence-corrected chi connectivity index (χ3v) is 17.8. The minimum Gasteiger partial charge on any atom is -0.387 e. The molecule has 4 aliphatic rings. The predicted molar refractivity (Wildman–Crippen MR) is 658 cm³/mol. The summed E-state index contributed by atoms with van der Waals surface area (Å²) in [7, 11) is 9.69. The van der Waals surface area contributed by atoms with Gasteiger partial charge in [-0.3, -0.25) is 77.9 Å². The van der Waals surface area contributed by atoms with E-state index in [1.54, 1.807) is 39.6 Å². The Morgan fingerprint density at radius 2 is 0.646 bits per heavy atom. The van der Waals surface area contributed by atoms with Crippen LogP contribution in [0.5, 0.6) is 0 Å². The van der Waals surface area contributed by atoms with Gasteiger partial charge in [0.1, 0.15) is 17.5 Å². The van der Waals surface area contributed by atoms with Crippen molar-refractivity contribution >= 4 is 113 Å². The van der Waals surface area contributed by atoms with Crippen LogP contribution in [0, 0.1) is 21.6 Å². The topological polar surface area (TPSA) is 682 Å². The Morgan fingerprint density at radius 1 is 0.354 bits per heavy atom. The van der Waals surface area contributed by atoms with Gasteiger partial charge < -0.3 is 118 Å². The molecule has 33 N–H and O–H groups in total. The van der Waals surface area contributed by atoms with Crippen LogP contribution in [0.15, 0.2) is 74.9 Å². The highest BCUT2D eigenvalue weighted by molar-refractivity contribution is 6.00. The summed E-state index contributed by atoms with van der Waals surface area (Å²) >= 11 is 0. The van der Waals surface area contributed by atoms with Gasteiger partial charge in [0.05, 0.1) is 34.5 Å². The zero-order valence-electron chi connectivity index (χ0n) is 97.2. The number of guanidine groups is 15. The molecule has 0 unspecified atom stereocenters. The Balaban J connectivity index is -0.000000110. The third-order valence-electron chi connectivity index (χ3n) is 17.8. The summed E-state index contributed by atoms with van der Waals surface area (Å²) in [5, 5.41) is 43.2. The molecule has 0 aromatic rings. The first-order valence-electron chi connectivity index (χ1n) is 48.4. The lowest BCUT2D eigenvalue weighted by Crippen LogP contribution is -2.58. The molecule has 1 fully saturated rings. The van der Waals surface area contributed by atoms with Crippen LogP contribution in [0.25, 0.3) is 0 Å². The molecule has 0 bridgehead atoms. The van der Waals surface area contributed by atoms with Gasteiger partial charge in [-0.2, -0.15) is 0 Å². The lowest BCUT2D eigenvalue weighted by atomic mass is 10.0. The Morgan fingerprint density at radius 3 is 0.871 bits per heavy atom. The molecule has 0 aromatic heterocycles. The molecule has 0 atom stereocenters. The predicted octanol–water partition coefficient (Wildman–Crippen LogP) is 13.1. The number of nitrogens with two attached hydrogens (primary N) is 12. The number of likely N-dealkylation sites (N-methyl/N-ethyl adjacent to an activating group) is 1. The highest BCUT2D eigenvalue weighted by Crippen LogP contribution is 2.24. The van der Waals surface area contributed by atoms with E-state index in [0.717, 1.165) is 64.3 Å². The maximum absolute atomic E-state index is 7.54. The van der Waals surface area contributed by atoms with Crippen LogP contribution >= 0.6 is 0 Å². The highest BCUT2D eigenvalue weighted by Gasteiger charge is 2.33. The van der Waals surface area contributed by atoms with Crippen molar-refractivity contribution < 1.29 is 0 Å². The van der Waals surface area contributed by atoms with Crippen LogP contribution in [0.1, 0.15) is 369 Å². The molecule has 872 valence electrons. The average Bonchev–Trinajstić information content (AvgIpc) is 1.00. The molecule has 4 rings (SSSR count). The monoisotopic (exact) mass is 2100 g/mol. The molecule has 0 radical (unpaired) electrons. The molecular formula is C102H239N45. The number of aliphatic imine (C=N–C) groups is 15. The van der Waals surface area contributed by atoms with Gasteiger partial charge in [0, 0.05) is 159 Å². The fraction of sp³-hybridized carbons (Fsp3) is 0.814. The molecule has 1 saturated heterocycles. The molecule has 0 amide bonds. The van der Waals surface area contributed by atoms with Crippen molar-refractivity contribution in [2.45, 2.75) is 430 Å². The van der Waals surface area contributed by atoms with Crippen molar-refractivity contribution in [1.29, 1.82) is 21.6 Å². The number of nitrogens with zero attached hydrogens (tertiary/aromatic N) is 24. The van der Waals surface area contributed by atoms with Crippen molar-refractivity contribution in [3.05, 3.63) is 0 Å². The molecule has 4 heterocycles. The van der Waals surface area contributed by atoms with E-state index in [-0.39, 0.29) is 148 Å². The Kier molecular flexibility index (Phi) is 88.0. The van der Waals surface area contributed by atoms with E-state index in [9.17, 15) is 0 Å². The molecule has 4 aliphatic heterocycles. The molecule has 45 nitrogen and oxygen atoms in total. The first-order valence-corrected chi connectivity index (χ1v) is 48.4. The van der Waals surface area contributed by atoms with Gasteiger partial charge in [0.25, 0.3) is 0 Å². The molecule has 45 heteroatoms. The summed E-state index contributed by atoms with van der Waals surface area (Å²) in [6.45, 7) is 99.1. The van der Waals surface area contributed by atoms with E-state index in [4.69, 9.17) is 90.4 Å². The van der Waals surface area contributed by atoms with Crippen LogP contribution < -0.4 is 95.4 Å². The summed E-state index contributed by atoms with van der Waals surface area (Å²) in [4.78, 5) is 80.3. The fourth-order valence-corrected chi connectivity index (χ4v) is 11.6. The maximum Gasteiger partial charge on any atom is 0.219 e. The number of rotatable bonds is 6. The van der Waals surface area contributed by atoms with Crippen LogP contribution in [-0.2, 0) is 0 Å². The lowest BCUT2D eigenvalue weighted by molar-refractivity contribution is 0.158. The minimum absolute atomic E-state index is 0. The van der Waals surface area contributed by atoms with E-state index >= 15 is 0 Å². The van der Waals surface area contributed by atoms with Gasteiger partial charge >= 0.3 is 0 Å². The summed E-state index contributed by atoms with van der Waals surface area (Å²) < 4.78 is 0. The van der Waals surface area contributed by atoms with E-state index in [0.29, 0.717) is 79.1 Å². The number of hydrogen-bond donors (Lipinski definition) is 21. The summed E-state index contributed by atoms with van der Waals surface area (Å²) in [5.74, 6) is 8.30. The second-order valence-corrected chi connectivity index (χ2v) is 44.0. The quantitative estimate of drug-likeness (QED) is 0.0867. The number of amidine groups is 4. The molecular weight excluding hydrogens is 1860 g/mol. The van der Waals surface area contributed by atoms with Crippen LogP contribution in [-0.4, -0.2) is 345 Å². The van der Waals surface area contributed by atoms with Gasteiger partial charge in [-0.15, -0.1) is 0 Å². The smallest absolute Gasteiger partial charge is 0.219 e. The van der Waals surface area contributed by atoms with Crippen LogP contribution in [0.2, 0.25) is 0 Å². The van der Waals surface area contributed by atoms with E-state index in [1.807, 2.05) is 167 Å². The summed E-state index contributed by atoms with van der Waals surface area (Å²) in [6, 6.07) is 0. The Hall–Kier alpha value is -11.5. The Labute approximate surface area is 901 Å². The molecule has 0 aliphatic carbocycles. The standard InChI is InChI=1S/C11H21N3.C10H21N3.3C9H20N4.3C8H19N5.C8H18N4.C8H17N3.C7H17N5.7CH4/c1-11(2,3)14-9-5-8-13-7-4-6-12-10(13)14;1-10(2,3)13(5)9-11-7-6-8-12(9)4;3*1-6-13(9(3,4)5)8(11)12-7(2)10;3*1-5-11-6(9)12-7(10)13-8(2,3)4;1-6(9)11-7(10)12(5)8(2,3)4;1-8(2,3)10-7-9-5-6-11(7)4;1-7(2,3)12-6(9)11-5(8)10-4;;;;;;;/h4-9H2,1-3H3;6-8H2,1-5H3;3*6H2,1-5H3,(H3,10,11,12);3*5H2,1-4H3,(H5,9,10,11,12,13);1-5H3,(H3,9,10,11);5-6H2,1-4H3,(H,9,10);1-4H3,(H5,8,9,10,11,12);7*1H4. The largest absolute Gasteiger partial charge is 0.387 e. The minimum atomic E-state index is -0.205. The van der Waals surface area contributed by atoms with Crippen molar-refractivity contribution in [1.82, 2.24) is 70.7 Å².